The maximum Gasteiger partial charge on any atom is 0.238 e. The Morgan fingerprint density at radius 3 is 2.46 bits per heavy atom. The first-order valence-corrected chi connectivity index (χ1v) is 12.0. The van der Waals surface area contributed by atoms with E-state index in [9.17, 15) is 13.2 Å². The van der Waals surface area contributed by atoms with Crippen molar-refractivity contribution in [1.29, 1.82) is 0 Å². The predicted octanol–water partition coefficient (Wildman–Crippen LogP) is 2.87. The van der Waals surface area contributed by atoms with Crippen LogP contribution in [0.15, 0.2) is 24.3 Å². The molecule has 28 heavy (non-hydrogen) atoms. The summed E-state index contributed by atoms with van der Waals surface area (Å²) in [5, 5.41) is 0. The molecule has 1 aliphatic heterocycles. The molecule has 1 aliphatic rings. The summed E-state index contributed by atoms with van der Waals surface area (Å²) in [6, 6.07) is 7.98. The highest BCUT2D eigenvalue weighted by Gasteiger charge is 2.26. The lowest BCUT2D eigenvalue weighted by molar-refractivity contribution is -0.130. The van der Waals surface area contributed by atoms with Crippen LogP contribution in [0, 0.1) is 0 Å². The van der Waals surface area contributed by atoms with E-state index in [1.807, 2.05) is 50.2 Å². The standard InChI is InChI=1S/C21H34N2O4S/c1-4-5-6-14-28(25,26)17-21(24)23(16-20-8-7-13-27-20)15-18-9-11-19(12-10-18)22(2)3/h9-12,20H,4-8,13-17H2,1-3H3. The Balaban J connectivity index is 2.06. The molecule has 0 N–H and O–H groups in total. The predicted molar refractivity (Wildman–Crippen MR) is 113 cm³/mol. The molecule has 0 saturated carbocycles. The molecule has 0 aliphatic carbocycles. The summed E-state index contributed by atoms with van der Waals surface area (Å²) in [7, 11) is 0.575. The van der Waals surface area contributed by atoms with Crippen molar-refractivity contribution >= 4 is 21.4 Å². The molecule has 1 aromatic carbocycles. The van der Waals surface area contributed by atoms with Crippen molar-refractivity contribution in [2.75, 3.05) is 43.7 Å². The number of rotatable bonds is 11. The molecule has 1 fully saturated rings. The first kappa shape index (κ1) is 22.7. The van der Waals surface area contributed by atoms with Crippen molar-refractivity contribution in [2.24, 2.45) is 0 Å². The van der Waals surface area contributed by atoms with Crippen molar-refractivity contribution in [2.45, 2.75) is 51.7 Å². The molecule has 2 rings (SSSR count). The first-order chi connectivity index (χ1) is 13.3. The SMILES string of the molecule is CCCCCS(=O)(=O)CC(=O)N(Cc1ccc(N(C)C)cc1)CC1CCCO1. The molecule has 158 valence electrons. The molecule has 1 saturated heterocycles. The van der Waals surface area contributed by atoms with Crippen molar-refractivity contribution in [1.82, 2.24) is 4.90 Å². The lowest BCUT2D eigenvalue weighted by Gasteiger charge is -2.26. The third-order valence-corrected chi connectivity index (χ3v) is 6.63. The number of ether oxygens (including phenoxy) is 1. The zero-order chi connectivity index (χ0) is 20.6. The molecular weight excluding hydrogens is 376 g/mol. The van der Waals surface area contributed by atoms with E-state index in [4.69, 9.17) is 4.74 Å². The third kappa shape index (κ3) is 7.43. The molecule has 7 heteroatoms. The van der Waals surface area contributed by atoms with Gasteiger partial charge >= 0.3 is 0 Å². The Labute approximate surface area is 169 Å². The summed E-state index contributed by atoms with van der Waals surface area (Å²) < 4.78 is 30.4. The molecule has 6 nitrogen and oxygen atoms in total. The zero-order valence-corrected chi connectivity index (χ0v) is 18.2. The minimum absolute atomic E-state index is 0.00667. The van der Waals surface area contributed by atoms with Gasteiger partial charge in [0.2, 0.25) is 5.91 Å². The number of amides is 1. The van der Waals surface area contributed by atoms with Crippen molar-refractivity contribution in [3.05, 3.63) is 29.8 Å². The number of anilines is 1. The maximum atomic E-state index is 12.8. The second-order valence-electron chi connectivity index (χ2n) is 7.77. The number of carbonyl (C=O) groups is 1. The Morgan fingerprint density at radius 1 is 1.18 bits per heavy atom. The van der Waals surface area contributed by atoms with Crippen LogP contribution in [0.4, 0.5) is 5.69 Å². The Bertz CT molecular complexity index is 710. The summed E-state index contributed by atoms with van der Waals surface area (Å²) >= 11 is 0. The van der Waals surface area contributed by atoms with Crippen LogP contribution in [0.3, 0.4) is 0 Å². The lowest BCUT2D eigenvalue weighted by Crippen LogP contribution is -2.40. The largest absolute Gasteiger partial charge is 0.378 e. The maximum absolute atomic E-state index is 12.8. The summed E-state index contributed by atoms with van der Waals surface area (Å²) in [6.45, 7) is 3.58. The van der Waals surface area contributed by atoms with Gasteiger partial charge in [-0.1, -0.05) is 31.9 Å². The fraction of sp³-hybridized carbons (Fsp3) is 0.667. The van der Waals surface area contributed by atoms with E-state index in [0.29, 0.717) is 26.1 Å². The third-order valence-electron chi connectivity index (χ3n) is 5.03. The fourth-order valence-corrected chi connectivity index (χ4v) is 4.68. The lowest BCUT2D eigenvalue weighted by atomic mass is 10.1. The van der Waals surface area contributed by atoms with Gasteiger partial charge in [0.05, 0.1) is 11.9 Å². The minimum Gasteiger partial charge on any atom is -0.378 e. The second-order valence-corrected chi connectivity index (χ2v) is 9.95. The Kier molecular flexibility index (Phi) is 8.76. The Morgan fingerprint density at radius 2 is 1.89 bits per heavy atom. The van der Waals surface area contributed by atoms with E-state index in [0.717, 1.165) is 36.9 Å². The molecular formula is C21H34N2O4S. The molecule has 1 amide bonds. The summed E-state index contributed by atoms with van der Waals surface area (Å²) in [6.07, 6.45) is 4.33. The summed E-state index contributed by atoms with van der Waals surface area (Å²) in [4.78, 5) is 16.5. The van der Waals surface area contributed by atoms with E-state index in [1.54, 1.807) is 4.90 Å². The summed E-state index contributed by atoms with van der Waals surface area (Å²) in [5.41, 5.74) is 2.07. The highest BCUT2D eigenvalue weighted by molar-refractivity contribution is 7.92. The van der Waals surface area contributed by atoms with E-state index >= 15 is 0 Å². The van der Waals surface area contributed by atoms with E-state index in [1.165, 1.54) is 0 Å². The van der Waals surface area contributed by atoms with Crippen LogP contribution >= 0.6 is 0 Å². The van der Waals surface area contributed by atoms with Crippen molar-refractivity contribution in [3.8, 4) is 0 Å². The van der Waals surface area contributed by atoms with E-state index in [2.05, 4.69) is 0 Å². The van der Waals surface area contributed by atoms with Crippen LogP contribution < -0.4 is 4.90 Å². The quantitative estimate of drug-likeness (QED) is 0.525. The van der Waals surface area contributed by atoms with Gasteiger partial charge in [0.15, 0.2) is 9.84 Å². The van der Waals surface area contributed by atoms with Crippen molar-refractivity contribution < 1.29 is 17.9 Å². The number of carbonyl (C=O) groups excluding carboxylic acids is 1. The Hall–Kier alpha value is -1.60. The van der Waals surface area contributed by atoms with Gasteiger partial charge in [-0.05, 0) is 37.0 Å². The number of nitrogens with zero attached hydrogens (tertiary/aromatic N) is 2. The van der Waals surface area contributed by atoms with Crippen LogP contribution in [0.5, 0.6) is 0 Å². The van der Waals surface area contributed by atoms with E-state index in [-0.39, 0.29) is 17.8 Å². The van der Waals surface area contributed by atoms with Crippen LogP contribution in [-0.2, 0) is 25.9 Å². The van der Waals surface area contributed by atoms with Gasteiger partial charge in [-0.3, -0.25) is 4.79 Å². The molecule has 1 atom stereocenters. The van der Waals surface area contributed by atoms with Gasteiger partial charge < -0.3 is 14.5 Å². The van der Waals surface area contributed by atoms with Crippen LogP contribution in [0.2, 0.25) is 0 Å². The van der Waals surface area contributed by atoms with Crippen LogP contribution in [0.1, 0.15) is 44.6 Å². The summed E-state index contributed by atoms with van der Waals surface area (Å²) in [5.74, 6) is -0.666. The normalized spacial score (nSPS) is 16.9. The molecule has 0 bridgehead atoms. The highest BCUT2D eigenvalue weighted by atomic mass is 32.2. The zero-order valence-electron chi connectivity index (χ0n) is 17.4. The molecule has 0 aromatic heterocycles. The molecule has 0 spiro atoms. The van der Waals surface area contributed by atoms with Gasteiger partial charge in [0, 0.05) is 39.5 Å². The topological polar surface area (TPSA) is 66.9 Å². The van der Waals surface area contributed by atoms with Gasteiger partial charge in [-0.2, -0.15) is 0 Å². The number of sulfone groups is 1. The molecule has 1 unspecified atom stereocenters. The smallest absolute Gasteiger partial charge is 0.238 e. The van der Waals surface area contributed by atoms with E-state index < -0.39 is 15.6 Å². The number of hydrogen-bond donors (Lipinski definition) is 0. The monoisotopic (exact) mass is 410 g/mol. The molecule has 1 aromatic rings. The average molecular weight is 411 g/mol. The van der Waals surface area contributed by atoms with Gasteiger partial charge in [-0.25, -0.2) is 8.42 Å². The molecule has 0 radical (unpaired) electrons. The minimum atomic E-state index is -3.38. The fourth-order valence-electron chi connectivity index (χ4n) is 3.33. The number of hydrogen-bond acceptors (Lipinski definition) is 5. The highest BCUT2D eigenvalue weighted by Crippen LogP contribution is 2.18. The van der Waals surface area contributed by atoms with Gasteiger partial charge in [0.25, 0.3) is 0 Å². The molecule has 1 heterocycles. The van der Waals surface area contributed by atoms with Crippen LogP contribution in [-0.4, -0.2) is 64.1 Å². The number of benzene rings is 1. The average Bonchev–Trinajstić information content (AvgIpc) is 3.14. The van der Waals surface area contributed by atoms with Gasteiger partial charge in [-0.15, -0.1) is 0 Å². The first-order valence-electron chi connectivity index (χ1n) is 10.2. The second kappa shape index (κ2) is 10.8. The number of unbranched alkanes of at least 4 members (excludes halogenated alkanes) is 2. The van der Waals surface area contributed by atoms with Crippen molar-refractivity contribution in [3.63, 3.8) is 0 Å². The van der Waals surface area contributed by atoms with Gasteiger partial charge in [0.1, 0.15) is 5.75 Å². The van der Waals surface area contributed by atoms with Crippen LogP contribution in [0.25, 0.3) is 0 Å².